The number of benzene rings is 4. The predicted octanol–water partition coefficient (Wildman–Crippen LogP) is 7.12. The van der Waals surface area contributed by atoms with E-state index in [4.69, 9.17) is 0 Å². The Kier molecular flexibility index (Phi) is 9.71. The van der Waals surface area contributed by atoms with E-state index in [1.165, 1.54) is 18.4 Å². The van der Waals surface area contributed by atoms with E-state index in [1.807, 2.05) is 41.4 Å². The Hall–Kier alpha value is -4.68. The van der Waals surface area contributed by atoms with Gasteiger partial charge >= 0.3 is 0 Å². The highest BCUT2D eigenvalue weighted by Crippen LogP contribution is 2.37. The van der Waals surface area contributed by atoms with Gasteiger partial charge in [0.15, 0.2) is 0 Å². The van der Waals surface area contributed by atoms with E-state index < -0.39 is 11.6 Å². The van der Waals surface area contributed by atoms with Crippen molar-refractivity contribution in [2.75, 3.05) is 26.2 Å². The van der Waals surface area contributed by atoms with Gasteiger partial charge in [-0.2, -0.15) is 0 Å². The average Bonchev–Trinajstić information content (AvgIpc) is 3.55. The first-order valence-corrected chi connectivity index (χ1v) is 17.6. The SMILES string of the molecule is O=C1C(Cc2c[nH]c3ccccc23)NC(=O)C2(CCN(CCCCCc3ccccc3)CC2)N1CC(c1ccccc1)c1ccccc1. The number of hydrogen-bond donors (Lipinski definition) is 2. The van der Waals surface area contributed by atoms with E-state index in [9.17, 15) is 9.59 Å². The fraction of sp³-hybridized carbons (Fsp3) is 0.333. The van der Waals surface area contributed by atoms with Crippen LogP contribution in [0.4, 0.5) is 0 Å². The van der Waals surface area contributed by atoms with E-state index in [0.717, 1.165) is 60.1 Å². The molecule has 246 valence electrons. The van der Waals surface area contributed by atoms with Crippen molar-refractivity contribution < 1.29 is 9.59 Å². The largest absolute Gasteiger partial charge is 0.361 e. The minimum Gasteiger partial charge on any atom is -0.361 e. The number of aromatic nitrogens is 1. The number of amides is 2. The Morgan fingerprint density at radius 3 is 2.04 bits per heavy atom. The zero-order valence-corrected chi connectivity index (χ0v) is 27.7. The van der Waals surface area contributed by atoms with Crippen molar-refractivity contribution in [1.29, 1.82) is 0 Å². The smallest absolute Gasteiger partial charge is 0.246 e. The number of fused-ring (bicyclic) bond motifs is 1. The van der Waals surface area contributed by atoms with Gasteiger partial charge in [0.05, 0.1) is 0 Å². The van der Waals surface area contributed by atoms with Gasteiger partial charge in [-0.1, -0.05) is 116 Å². The molecule has 1 unspecified atom stereocenters. The molecule has 0 aliphatic carbocycles. The summed E-state index contributed by atoms with van der Waals surface area (Å²) >= 11 is 0. The zero-order valence-electron chi connectivity index (χ0n) is 27.7. The number of nitrogens with one attached hydrogen (secondary N) is 2. The third-order valence-corrected chi connectivity index (χ3v) is 10.6. The lowest BCUT2D eigenvalue weighted by Gasteiger charge is -2.52. The van der Waals surface area contributed by atoms with Gasteiger partial charge in [0.25, 0.3) is 0 Å². The number of hydrogen-bond acceptors (Lipinski definition) is 3. The summed E-state index contributed by atoms with van der Waals surface area (Å²) in [6.45, 7) is 3.11. The van der Waals surface area contributed by atoms with Crippen molar-refractivity contribution in [1.82, 2.24) is 20.1 Å². The van der Waals surface area contributed by atoms with E-state index in [2.05, 4.69) is 100 Å². The summed E-state index contributed by atoms with van der Waals surface area (Å²) < 4.78 is 0. The molecule has 4 aromatic carbocycles. The maximum absolute atomic E-state index is 14.7. The van der Waals surface area contributed by atoms with E-state index >= 15 is 0 Å². The maximum atomic E-state index is 14.7. The van der Waals surface area contributed by atoms with Crippen LogP contribution in [0, 0.1) is 0 Å². The molecular formula is C42H46N4O2. The van der Waals surface area contributed by atoms with Crippen LogP contribution in [-0.2, 0) is 22.4 Å². The minimum atomic E-state index is -0.862. The van der Waals surface area contributed by atoms with Crippen molar-refractivity contribution in [3.05, 3.63) is 144 Å². The monoisotopic (exact) mass is 638 g/mol. The number of aromatic amines is 1. The molecule has 1 spiro atoms. The van der Waals surface area contributed by atoms with Crippen molar-refractivity contribution in [2.45, 2.75) is 62.4 Å². The number of rotatable bonds is 12. The second-order valence-corrected chi connectivity index (χ2v) is 13.6. The summed E-state index contributed by atoms with van der Waals surface area (Å²) in [6.07, 6.45) is 8.36. The first-order valence-electron chi connectivity index (χ1n) is 17.6. The van der Waals surface area contributed by atoms with Crippen molar-refractivity contribution >= 4 is 22.7 Å². The van der Waals surface area contributed by atoms with Gasteiger partial charge in [0, 0.05) is 49.1 Å². The van der Waals surface area contributed by atoms with Gasteiger partial charge in [-0.15, -0.1) is 0 Å². The topological polar surface area (TPSA) is 68.4 Å². The van der Waals surface area contributed by atoms with Crippen LogP contribution in [0.25, 0.3) is 10.9 Å². The number of piperidine rings is 1. The summed E-state index contributed by atoms with van der Waals surface area (Å²) in [5, 5.41) is 4.33. The predicted molar refractivity (Wildman–Crippen MR) is 193 cm³/mol. The molecule has 1 aromatic heterocycles. The molecule has 2 N–H and O–H groups in total. The van der Waals surface area contributed by atoms with Crippen LogP contribution >= 0.6 is 0 Å². The van der Waals surface area contributed by atoms with Gasteiger partial charge in [-0.05, 0) is 67.0 Å². The number of likely N-dealkylation sites (tertiary alicyclic amines) is 1. The standard InChI is InChI=1S/C42H46N4O2/c47-40-39(29-35-30-43-38-23-13-12-22-36(35)38)44-41(48)42(24-27-45(28-25-42)26-14-4-7-17-32-15-5-1-6-16-32)46(40)31-37(33-18-8-2-9-19-33)34-20-10-3-11-21-34/h1-3,5-6,8-13,15-16,18-23,30,37,39,43H,4,7,14,17,24-29,31H2,(H,44,48). The van der Waals surface area contributed by atoms with Crippen LogP contribution in [0.15, 0.2) is 121 Å². The zero-order chi connectivity index (χ0) is 32.8. The number of piperazine rings is 1. The lowest BCUT2D eigenvalue weighted by atomic mass is 9.79. The lowest BCUT2D eigenvalue weighted by molar-refractivity contribution is -0.161. The summed E-state index contributed by atoms with van der Waals surface area (Å²) in [6, 6.07) is 39.1. The quantitative estimate of drug-likeness (QED) is 0.143. The van der Waals surface area contributed by atoms with Crippen molar-refractivity contribution in [3.8, 4) is 0 Å². The Balaban J connectivity index is 1.11. The molecule has 3 heterocycles. The highest BCUT2D eigenvalue weighted by Gasteiger charge is 2.54. The molecule has 2 fully saturated rings. The molecule has 1 atom stereocenters. The van der Waals surface area contributed by atoms with Crippen LogP contribution in [0.3, 0.4) is 0 Å². The molecule has 6 nitrogen and oxygen atoms in total. The Bertz CT molecular complexity index is 1760. The molecule has 6 heteroatoms. The molecule has 5 aromatic rings. The number of para-hydroxylation sites is 1. The molecule has 2 amide bonds. The fourth-order valence-electron chi connectivity index (χ4n) is 7.89. The number of H-pyrrole nitrogens is 1. The molecule has 2 aliphatic rings. The fourth-order valence-corrected chi connectivity index (χ4v) is 7.89. The molecular weight excluding hydrogens is 592 g/mol. The molecule has 0 saturated carbocycles. The molecule has 0 bridgehead atoms. The first kappa shape index (κ1) is 31.9. The molecule has 0 radical (unpaired) electrons. The number of carbonyl (C=O) groups excluding carboxylic acids is 2. The second kappa shape index (κ2) is 14.6. The number of aryl methyl sites for hydroxylation is 1. The number of carbonyl (C=O) groups is 2. The number of nitrogens with zero attached hydrogens (tertiary/aromatic N) is 2. The van der Waals surface area contributed by atoms with Gasteiger partial charge in [-0.25, -0.2) is 0 Å². The van der Waals surface area contributed by atoms with Crippen LogP contribution in [0.5, 0.6) is 0 Å². The van der Waals surface area contributed by atoms with Gasteiger partial charge in [0.2, 0.25) is 11.8 Å². The first-order chi connectivity index (χ1) is 23.6. The van der Waals surface area contributed by atoms with Crippen LogP contribution in [0.1, 0.15) is 60.3 Å². The molecule has 7 rings (SSSR count). The second-order valence-electron chi connectivity index (χ2n) is 13.6. The third kappa shape index (κ3) is 6.81. The maximum Gasteiger partial charge on any atom is 0.246 e. The number of unbranched alkanes of at least 4 members (excludes halogenated alkanes) is 2. The highest BCUT2D eigenvalue weighted by molar-refractivity contribution is 6.00. The van der Waals surface area contributed by atoms with E-state index in [0.29, 0.717) is 25.8 Å². The van der Waals surface area contributed by atoms with Gasteiger partial charge in [0.1, 0.15) is 11.6 Å². The van der Waals surface area contributed by atoms with E-state index in [-0.39, 0.29) is 17.7 Å². The van der Waals surface area contributed by atoms with Crippen LogP contribution in [-0.4, -0.2) is 64.4 Å². The summed E-state index contributed by atoms with van der Waals surface area (Å²) in [5.74, 6) is -0.0315. The van der Waals surface area contributed by atoms with Crippen molar-refractivity contribution in [3.63, 3.8) is 0 Å². The molecule has 2 saturated heterocycles. The summed E-state index contributed by atoms with van der Waals surface area (Å²) in [7, 11) is 0. The lowest BCUT2D eigenvalue weighted by Crippen LogP contribution is -2.73. The van der Waals surface area contributed by atoms with Gasteiger partial charge < -0.3 is 20.1 Å². The normalized spacial score (nSPS) is 18.1. The van der Waals surface area contributed by atoms with Crippen molar-refractivity contribution in [2.24, 2.45) is 0 Å². The average molecular weight is 639 g/mol. The summed E-state index contributed by atoms with van der Waals surface area (Å²) in [5.41, 5.74) is 4.93. The van der Waals surface area contributed by atoms with Crippen LogP contribution < -0.4 is 5.32 Å². The van der Waals surface area contributed by atoms with Gasteiger partial charge in [-0.3, -0.25) is 9.59 Å². The minimum absolute atomic E-state index is 0.00525. The Labute approximate surface area is 284 Å². The molecule has 2 aliphatic heterocycles. The Morgan fingerprint density at radius 2 is 1.35 bits per heavy atom. The third-order valence-electron chi connectivity index (χ3n) is 10.6. The summed E-state index contributed by atoms with van der Waals surface area (Å²) in [4.78, 5) is 37.0. The highest BCUT2D eigenvalue weighted by atomic mass is 16.2. The molecule has 48 heavy (non-hydrogen) atoms. The van der Waals surface area contributed by atoms with E-state index in [1.54, 1.807) is 0 Å². The van der Waals surface area contributed by atoms with Crippen LogP contribution in [0.2, 0.25) is 0 Å². The Morgan fingerprint density at radius 1 is 0.729 bits per heavy atom.